The van der Waals surface area contributed by atoms with Gasteiger partial charge in [-0.1, -0.05) is 49.4 Å². The number of aromatic nitrogens is 2. The van der Waals surface area contributed by atoms with Gasteiger partial charge in [-0.3, -0.25) is 4.79 Å². The van der Waals surface area contributed by atoms with Crippen LogP contribution in [0.15, 0.2) is 78.2 Å². The van der Waals surface area contributed by atoms with E-state index in [4.69, 9.17) is 4.74 Å². The lowest BCUT2D eigenvalue weighted by Crippen LogP contribution is -2.50. The summed E-state index contributed by atoms with van der Waals surface area (Å²) in [7, 11) is 1.99. The first-order chi connectivity index (χ1) is 20.7. The Kier molecular flexibility index (Phi) is 9.09. The van der Waals surface area contributed by atoms with Crippen molar-refractivity contribution < 1.29 is 23.6 Å². The van der Waals surface area contributed by atoms with Gasteiger partial charge in [-0.05, 0) is 30.5 Å². The number of likely N-dealkylation sites (N-methyl/N-ethyl adjacent to an activating group) is 1. The number of urea groups is 1. The average molecular weight is 605 g/mol. The van der Waals surface area contributed by atoms with Crippen molar-refractivity contribution in [3.63, 3.8) is 0 Å². The van der Waals surface area contributed by atoms with Gasteiger partial charge in [-0.25, -0.2) is 18.3 Å². The second kappa shape index (κ2) is 12.9. The Morgan fingerprint density at radius 2 is 1.84 bits per heavy atom. The topological polar surface area (TPSA) is 129 Å². The standard InChI is InChI=1S/C31H36N6O5S/c1-20-15-37(21(2)18-38)30(39)24-12-8-14-26(34-31(40)33-25-13-7-10-22-9-5-6-11-23(22)25)29(24)42-27(20)16-36(4)43(41)28-17-35(3)19-32-28/h5-14,17,19-21,27,38H,15-16,18H2,1-4H3,(H2,33,34,40). The summed E-state index contributed by atoms with van der Waals surface area (Å²) in [5.41, 5.74) is 1.21. The molecule has 3 amide bonds. The first-order valence-corrected chi connectivity index (χ1v) is 15.1. The largest absolute Gasteiger partial charge is 0.486 e. The van der Waals surface area contributed by atoms with Crippen LogP contribution in [0.2, 0.25) is 0 Å². The van der Waals surface area contributed by atoms with Gasteiger partial charge in [0.2, 0.25) is 0 Å². The molecule has 2 heterocycles. The third-order valence-corrected chi connectivity index (χ3v) is 8.84. The predicted molar refractivity (Wildman–Crippen MR) is 166 cm³/mol. The Morgan fingerprint density at radius 1 is 1.14 bits per heavy atom. The zero-order valence-electron chi connectivity index (χ0n) is 24.6. The van der Waals surface area contributed by atoms with E-state index < -0.39 is 29.2 Å². The number of carbonyl (C=O) groups is 2. The lowest BCUT2D eigenvalue weighted by molar-refractivity contribution is 0.0391. The van der Waals surface area contributed by atoms with Crippen molar-refractivity contribution in [3.8, 4) is 5.75 Å². The molecule has 4 unspecified atom stereocenters. The molecule has 0 spiro atoms. The van der Waals surface area contributed by atoms with Crippen LogP contribution in [0, 0.1) is 5.92 Å². The lowest BCUT2D eigenvalue weighted by atomic mass is 9.99. The molecule has 1 aliphatic rings. The number of nitrogens with one attached hydrogen (secondary N) is 2. The number of imidazole rings is 1. The molecule has 4 aromatic rings. The number of rotatable bonds is 8. The molecule has 43 heavy (non-hydrogen) atoms. The SMILES string of the molecule is CC1CN(C(C)CO)C(=O)c2cccc(NC(=O)Nc3cccc4ccccc34)c2OC1CN(C)S(=O)c1cn(C)cn1. The summed E-state index contributed by atoms with van der Waals surface area (Å²) in [6.07, 6.45) is 2.76. The Hall–Kier alpha value is -4.26. The Labute approximate surface area is 253 Å². The molecule has 226 valence electrons. The summed E-state index contributed by atoms with van der Waals surface area (Å²) in [4.78, 5) is 32.9. The third-order valence-electron chi connectivity index (χ3n) is 7.56. The maximum Gasteiger partial charge on any atom is 0.323 e. The maximum absolute atomic E-state index is 13.8. The summed E-state index contributed by atoms with van der Waals surface area (Å²) in [5.74, 6) is -0.318. The fourth-order valence-electron chi connectivity index (χ4n) is 5.13. The number of aliphatic hydroxyl groups excluding tert-OH is 1. The number of aryl methyl sites for hydroxylation is 1. The molecule has 3 aromatic carbocycles. The minimum Gasteiger partial charge on any atom is -0.486 e. The molecule has 0 aliphatic carbocycles. The highest BCUT2D eigenvalue weighted by Gasteiger charge is 2.35. The predicted octanol–water partition coefficient (Wildman–Crippen LogP) is 4.09. The van der Waals surface area contributed by atoms with E-state index in [1.807, 2.05) is 56.4 Å². The van der Waals surface area contributed by atoms with Crippen molar-refractivity contribution in [1.29, 1.82) is 0 Å². The van der Waals surface area contributed by atoms with Gasteiger partial charge >= 0.3 is 6.03 Å². The highest BCUT2D eigenvalue weighted by atomic mass is 32.2. The van der Waals surface area contributed by atoms with Crippen molar-refractivity contribution in [2.45, 2.75) is 31.0 Å². The van der Waals surface area contributed by atoms with E-state index in [1.165, 1.54) is 0 Å². The second-order valence-electron chi connectivity index (χ2n) is 10.8. The highest BCUT2D eigenvalue weighted by Crippen LogP contribution is 2.35. The van der Waals surface area contributed by atoms with Crippen LogP contribution in [0.25, 0.3) is 10.8 Å². The van der Waals surface area contributed by atoms with Crippen molar-refractivity contribution in [2.24, 2.45) is 13.0 Å². The quantitative estimate of drug-likeness (QED) is 0.278. The number of anilines is 2. The molecular formula is C31H36N6O5S. The van der Waals surface area contributed by atoms with E-state index in [0.717, 1.165) is 10.8 Å². The number of hydrogen-bond acceptors (Lipinski definition) is 6. The second-order valence-corrected chi connectivity index (χ2v) is 12.4. The van der Waals surface area contributed by atoms with Gasteiger partial charge in [0.15, 0.2) is 10.8 Å². The van der Waals surface area contributed by atoms with Crippen molar-refractivity contribution in [3.05, 3.63) is 78.8 Å². The van der Waals surface area contributed by atoms with Gasteiger partial charge in [0, 0.05) is 44.7 Å². The third kappa shape index (κ3) is 6.56. The Morgan fingerprint density at radius 3 is 2.58 bits per heavy atom. The molecular weight excluding hydrogens is 568 g/mol. The normalized spacial score (nSPS) is 18.4. The molecule has 3 N–H and O–H groups in total. The Bertz CT molecular complexity index is 1650. The lowest BCUT2D eigenvalue weighted by Gasteiger charge is -2.38. The van der Waals surface area contributed by atoms with Gasteiger partial charge in [-0.2, -0.15) is 0 Å². The zero-order valence-corrected chi connectivity index (χ0v) is 25.4. The number of carbonyl (C=O) groups excluding carboxylic acids is 2. The first kappa shape index (κ1) is 30.2. The van der Waals surface area contributed by atoms with Crippen LogP contribution in [-0.4, -0.2) is 78.9 Å². The van der Waals surface area contributed by atoms with Gasteiger partial charge in [0.05, 0.1) is 35.9 Å². The summed E-state index contributed by atoms with van der Waals surface area (Å²) < 4.78 is 23.2. The fourth-order valence-corrected chi connectivity index (χ4v) is 6.13. The van der Waals surface area contributed by atoms with Crippen LogP contribution in [0.5, 0.6) is 5.75 Å². The molecule has 0 radical (unpaired) electrons. The molecule has 0 saturated carbocycles. The number of benzene rings is 3. The number of para-hydroxylation sites is 1. The molecule has 0 fully saturated rings. The van der Waals surface area contributed by atoms with E-state index in [0.29, 0.717) is 22.9 Å². The number of hydrogen-bond donors (Lipinski definition) is 3. The molecule has 4 atom stereocenters. The minimum atomic E-state index is -1.55. The van der Waals surface area contributed by atoms with Gasteiger partial charge in [0.25, 0.3) is 5.91 Å². The molecule has 0 saturated heterocycles. The van der Waals surface area contributed by atoms with E-state index in [-0.39, 0.29) is 36.3 Å². The van der Waals surface area contributed by atoms with Crippen LogP contribution in [0.3, 0.4) is 0 Å². The minimum absolute atomic E-state index is 0.212. The Balaban J connectivity index is 1.46. The van der Waals surface area contributed by atoms with E-state index >= 15 is 0 Å². The average Bonchev–Trinajstić information content (AvgIpc) is 3.44. The molecule has 5 rings (SSSR count). The first-order valence-electron chi connectivity index (χ1n) is 14.0. The monoisotopic (exact) mass is 604 g/mol. The van der Waals surface area contributed by atoms with E-state index in [2.05, 4.69) is 15.6 Å². The number of nitrogens with zero attached hydrogens (tertiary/aromatic N) is 4. The van der Waals surface area contributed by atoms with Crippen molar-refractivity contribution in [1.82, 2.24) is 18.8 Å². The van der Waals surface area contributed by atoms with Crippen molar-refractivity contribution in [2.75, 3.05) is 37.4 Å². The van der Waals surface area contributed by atoms with Gasteiger partial charge in [0.1, 0.15) is 17.1 Å². The molecule has 1 aromatic heterocycles. The fraction of sp³-hybridized carbons (Fsp3) is 0.323. The van der Waals surface area contributed by atoms with Gasteiger partial charge in [-0.15, -0.1) is 0 Å². The van der Waals surface area contributed by atoms with Crippen LogP contribution in [-0.2, 0) is 18.0 Å². The summed E-state index contributed by atoms with van der Waals surface area (Å²) in [6, 6.07) is 17.4. The van der Waals surface area contributed by atoms with E-state index in [9.17, 15) is 18.9 Å². The highest BCUT2D eigenvalue weighted by molar-refractivity contribution is 7.82. The number of aliphatic hydroxyl groups is 1. The van der Waals surface area contributed by atoms with Gasteiger partial charge < -0.3 is 29.9 Å². The van der Waals surface area contributed by atoms with Crippen LogP contribution >= 0.6 is 0 Å². The number of ether oxygens (including phenoxy) is 1. The molecule has 11 nitrogen and oxygen atoms in total. The smallest absolute Gasteiger partial charge is 0.323 e. The van der Waals surface area contributed by atoms with Crippen LogP contribution < -0.4 is 15.4 Å². The maximum atomic E-state index is 13.8. The zero-order chi connectivity index (χ0) is 30.7. The van der Waals surface area contributed by atoms with Crippen molar-refractivity contribution >= 4 is 45.1 Å². The number of fused-ring (bicyclic) bond motifs is 2. The van der Waals surface area contributed by atoms with E-state index in [1.54, 1.807) is 58.5 Å². The van der Waals surface area contributed by atoms with Crippen LogP contribution in [0.4, 0.5) is 16.2 Å². The molecule has 0 bridgehead atoms. The molecule has 12 heteroatoms. The number of amides is 3. The summed E-state index contributed by atoms with van der Waals surface area (Å²) in [6.45, 7) is 4.07. The summed E-state index contributed by atoms with van der Waals surface area (Å²) >= 11 is 0. The molecule has 1 aliphatic heterocycles. The summed E-state index contributed by atoms with van der Waals surface area (Å²) in [5, 5.41) is 18.0. The van der Waals surface area contributed by atoms with Crippen LogP contribution in [0.1, 0.15) is 24.2 Å².